The Hall–Kier alpha value is -3.40. The highest BCUT2D eigenvalue weighted by Crippen LogP contribution is 2.29. The number of anilines is 1. The van der Waals surface area contributed by atoms with Gasteiger partial charge in [-0.25, -0.2) is 18.9 Å². The van der Waals surface area contributed by atoms with E-state index in [1.165, 1.54) is 22.8 Å². The van der Waals surface area contributed by atoms with Crippen molar-refractivity contribution in [2.75, 3.05) is 31.6 Å². The highest BCUT2D eigenvalue weighted by Gasteiger charge is 2.18. The highest BCUT2D eigenvalue weighted by molar-refractivity contribution is 6.33. The van der Waals surface area contributed by atoms with Crippen LogP contribution in [0.5, 0.6) is 0 Å². The van der Waals surface area contributed by atoms with Gasteiger partial charge in [-0.3, -0.25) is 9.69 Å². The Bertz CT molecular complexity index is 1300. The van der Waals surface area contributed by atoms with Crippen molar-refractivity contribution >= 4 is 29.0 Å². The molecule has 1 aromatic carbocycles. The van der Waals surface area contributed by atoms with Crippen LogP contribution >= 0.6 is 11.6 Å². The first kappa shape index (κ1) is 21.4. The molecule has 0 saturated carbocycles. The number of amides is 1. The third-order valence-corrected chi connectivity index (χ3v) is 5.67. The second kappa shape index (κ2) is 9.22. The zero-order valence-corrected chi connectivity index (χ0v) is 18.3. The summed E-state index contributed by atoms with van der Waals surface area (Å²) in [5, 5.41) is 7.45. The molecular formula is C23H20ClFN6O2. The first-order valence-corrected chi connectivity index (χ1v) is 10.8. The van der Waals surface area contributed by atoms with Crippen LogP contribution in [0.1, 0.15) is 16.2 Å². The number of aromatic nitrogens is 4. The summed E-state index contributed by atoms with van der Waals surface area (Å²) in [6.45, 7) is 3.78. The van der Waals surface area contributed by atoms with Crippen LogP contribution in [0.3, 0.4) is 0 Å². The molecule has 1 amide bonds. The van der Waals surface area contributed by atoms with Crippen LogP contribution in [0.15, 0.2) is 54.7 Å². The molecule has 1 aliphatic heterocycles. The first-order chi connectivity index (χ1) is 16.1. The number of benzene rings is 1. The topological polar surface area (TPSA) is 84.7 Å². The lowest BCUT2D eigenvalue weighted by atomic mass is 10.1. The summed E-state index contributed by atoms with van der Waals surface area (Å²) >= 11 is 6.18. The second-order valence-corrected chi connectivity index (χ2v) is 7.99. The summed E-state index contributed by atoms with van der Waals surface area (Å²) in [5.41, 5.74) is 1.95. The fraction of sp³-hybridized carbons (Fsp3) is 0.217. The predicted octanol–water partition coefficient (Wildman–Crippen LogP) is 3.67. The number of rotatable bonds is 5. The number of morpholine rings is 1. The Morgan fingerprint density at radius 1 is 1.12 bits per heavy atom. The molecule has 10 heteroatoms. The molecule has 0 aliphatic carbocycles. The van der Waals surface area contributed by atoms with Crippen LogP contribution in [-0.4, -0.2) is 56.7 Å². The summed E-state index contributed by atoms with van der Waals surface area (Å²) in [5.74, 6) is -0.501. The maximum absolute atomic E-state index is 14.4. The predicted molar refractivity (Wildman–Crippen MR) is 122 cm³/mol. The molecule has 1 aliphatic rings. The van der Waals surface area contributed by atoms with E-state index in [2.05, 4.69) is 25.3 Å². The molecule has 1 fully saturated rings. The fourth-order valence-corrected chi connectivity index (χ4v) is 3.97. The van der Waals surface area contributed by atoms with Crippen LogP contribution in [0.25, 0.3) is 16.9 Å². The molecule has 33 heavy (non-hydrogen) atoms. The van der Waals surface area contributed by atoms with Crippen molar-refractivity contribution in [1.82, 2.24) is 24.5 Å². The summed E-state index contributed by atoms with van der Waals surface area (Å²) in [6.07, 6.45) is 1.42. The van der Waals surface area contributed by atoms with Crippen LogP contribution in [-0.2, 0) is 11.3 Å². The third-order valence-electron chi connectivity index (χ3n) is 5.35. The Morgan fingerprint density at radius 3 is 2.76 bits per heavy atom. The van der Waals surface area contributed by atoms with Crippen molar-refractivity contribution in [3.63, 3.8) is 0 Å². The van der Waals surface area contributed by atoms with E-state index >= 15 is 0 Å². The van der Waals surface area contributed by atoms with Gasteiger partial charge in [0.05, 0.1) is 41.4 Å². The van der Waals surface area contributed by atoms with Gasteiger partial charge in [-0.2, -0.15) is 5.10 Å². The van der Waals surface area contributed by atoms with E-state index in [1.54, 1.807) is 24.3 Å². The van der Waals surface area contributed by atoms with E-state index in [9.17, 15) is 9.18 Å². The normalized spacial score (nSPS) is 14.5. The van der Waals surface area contributed by atoms with Gasteiger partial charge < -0.3 is 10.1 Å². The average Bonchev–Trinajstić information content (AvgIpc) is 3.23. The third kappa shape index (κ3) is 4.56. The van der Waals surface area contributed by atoms with Crippen LogP contribution in [0.2, 0.25) is 5.02 Å². The minimum Gasteiger partial charge on any atom is -0.379 e. The number of halogens is 2. The molecule has 8 nitrogen and oxygen atoms in total. The minimum absolute atomic E-state index is 0.165. The van der Waals surface area contributed by atoms with Gasteiger partial charge in [0, 0.05) is 19.6 Å². The smallest absolute Gasteiger partial charge is 0.277 e. The second-order valence-electron chi connectivity index (χ2n) is 7.59. The first-order valence-electron chi connectivity index (χ1n) is 10.4. The van der Waals surface area contributed by atoms with Crippen LogP contribution < -0.4 is 5.32 Å². The molecule has 5 rings (SSSR count). The van der Waals surface area contributed by atoms with Gasteiger partial charge in [-0.05, 0) is 36.4 Å². The van der Waals surface area contributed by atoms with E-state index in [-0.39, 0.29) is 16.3 Å². The number of pyridine rings is 1. The van der Waals surface area contributed by atoms with E-state index in [1.807, 2.05) is 12.1 Å². The van der Waals surface area contributed by atoms with Crippen molar-refractivity contribution < 1.29 is 13.9 Å². The van der Waals surface area contributed by atoms with Crippen molar-refractivity contribution in [2.45, 2.75) is 6.54 Å². The molecule has 0 radical (unpaired) electrons. The van der Waals surface area contributed by atoms with Crippen molar-refractivity contribution in [3.05, 3.63) is 77.0 Å². The summed E-state index contributed by atoms with van der Waals surface area (Å²) < 4.78 is 21.1. The van der Waals surface area contributed by atoms with E-state index in [4.69, 9.17) is 16.3 Å². The molecule has 0 atom stereocenters. The summed E-state index contributed by atoms with van der Waals surface area (Å²) in [4.78, 5) is 24.0. The Morgan fingerprint density at radius 2 is 1.94 bits per heavy atom. The van der Waals surface area contributed by atoms with E-state index < -0.39 is 11.7 Å². The highest BCUT2D eigenvalue weighted by atomic mass is 35.5. The van der Waals surface area contributed by atoms with Crippen LogP contribution in [0, 0.1) is 5.82 Å². The molecular weight excluding hydrogens is 447 g/mol. The number of hydrogen-bond acceptors (Lipinski definition) is 6. The van der Waals surface area contributed by atoms with Crippen molar-refractivity contribution in [1.29, 1.82) is 0 Å². The van der Waals surface area contributed by atoms with Crippen molar-refractivity contribution in [2.24, 2.45) is 0 Å². The number of carbonyl (C=O) groups is 1. The van der Waals surface area contributed by atoms with Gasteiger partial charge in [0.1, 0.15) is 11.6 Å². The summed E-state index contributed by atoms with van der Waals surface area (Å²) in [7, 11) is 0. The molecule has 0 spiro atoms. The standard InChI is InChI=1S/C23H20ClFN6O2/c24-16-4-2-5-17(25)22(16)18-7-8-21-26-13-19(31(21)29-18)23(32)28-20-6-1-3-15(27-20)14-30-9-11-33-12-10-30/h1-8,13H,9-12,14H2,(H,27,28,32). The van der Waals surface area contributed by atoms with Gasteiger partial charge in [0.2, 0.25) is 0 Å². The zero-order chi connectivity index (χ0) is 22.8. The van der Waals surface area contributed by atoms with Crippen LogP contribution in [0.4, 0.5) is 10.2 Å². The number of nitrogens with one attached hydrogen (secondary N) is 1. The lowest BCUT2D eigenvalue weighted by Crippen LogP contribution is -2.35. The minimum atomic E-state index is -0.498. The summed E-state index contributed by atoms with van der Waals surface area (Å²) in [6, 6.07) is 13.2. The van der Waals surface area contributed by atoms with Crippen molar-refractivity contribution in [3.8, 4) is 11.3 Å². The lowest BCUT2D eigenvalue weighted by Gasteiger charge is -2.26. The zero-order valence-electron chi connectivity index (χ0n) is 17.5. The molecule has 4 heterocycles. The Labute approximate surface area is 194 Å². The largest absolute Gasteiger partial charge is 0.379 e. The Kier molecular flexibility index (Phi) is 5.99. The number of fused-ring (bicyclic) bond motifs is 1. The SMILES string of the molecule is O=C(Nc1cccc(CN2CCOCC2)n1)c1cnc2ccc(-c3c(F)cccc3Cl)nn12. The molecule has 0 bridgehead atoms. The maximum atomic E-state index is 14.4. The number of hydrogen-bond donors (Lipinski definition) is 1. The number of ether oxygens (including phenoxy) is 1. The quantitative estimate of drug-likeness (QED) is 0.483. The van der Waals surface area contributed by atoms with Gasteiger partial charge in [0.15, 0.2) is 11.3 Å². The van der Waals surface area contributed by atoms with Gasteiger partial charge in [0.25, 0.3) is 5.91 Å². The van der Waals surface area contributed by atoms with Gasteiger partial charge in [-0.1, -0.05) is 23.7 Å². The van der Waals surface area contributed by atoms with Gasteiger partial charge >= 0.3 is 0 Å². The number of nitrogens with zero attached hydrogens (tertiary/aromatic N) is 5. The molecule has 168 valence electrons. The molecule has 3 aromatic heterocycles. The molecule has 4 aromatic rings. The van der Waals surface area contributed by atoms with Gasteiger partial charge in [-0.15, -0.1) is 0 Å². The average molecular weight is 467 g/mol. The van der Waals surface area contributed by atoms with E-state index in [0.717, 1.165) is 18.8 Å². The van der Waals surface area contributed by atoms with E-state index in [0.29, 0.717) is 36.9 Å². The fourth-order valence-electron chi connectivity index (χ4n) is 3.71. The number of carbonyl (C=O) groups excluding carboxylic acids is 1. The Balaban J connectivity index is 1.39. The number of imidazole rings is 1. The molecule has 1 N–H and O–H groups in total. The molecule has 1 saturated heterocycles. The molecule has 0 unspecified atom stereocenters. The maximum Gasteiger partial charge on any atom is 0.277 e. The lowest BCUT2D eigenvalue weighted by molar-refractivity contribution is 0.0337. The monoisotopic (exact) mass is 466 g/mol.